The summed E-state index contributed by atoms with van der Waals surface area (Å²) in [6.45, 7) is 12.1. The van der Waals surface area contributed by atoms with Gasteiger partial charge in [-0.15, -0.1) is 0 Å². The molecule has 3 heteroatoms. The molecule has 0 aliphatic carbocycles. The summed E-state index contributed by atoms with van der Waals surface area (Å²) in [6, 6.07) is 8.32. The molecule has 0 bridgehead atoms. The van der Waals surface area contributed by atoms with Crippen LogP contribution < -0.4 is 0 Å². The summed E-state index contributed by atoms with van der Waals surface area (Å²) in [7, 11) is 0. The fourth-order valence-corrected chi connectivity index (χ4v) is 2.64. The SMILES string of the molecule is CC(C)Cc1ccc(C(C)C(=O)C(C)(C)OCCC(C)O)cc1. The van der Waals surface area contributed by atoms with Gasteiger partial charge in [0, 0.05) is 5.92 Å². The molecule has 0 fully saturated rings. The Hall–Kier alpha value is -1.19. The zero-order valence-electron chi connectivity index (χ0n) is 15.4. The van der Waals surface area contributed by atoms with Gasteiger partial charge in [-0.1, -0.05) is 45.0 Å². The van der Waals surface area contributed by atoms with Crippen LogP contribution in [0.4, 0.5) is 0 Å². The molecular formula is C20H32O3. The second kappa shape index (κ2) is 8.60. The van der Waals surface area contributed by atoms with Crippen LogP contribution in [0.2, 0.25) is 0 Å². The van der Waals surface area contributed by atoms with Crippen LogP contribution in [0.1, 0.15) is 65.0 Å². The lowest BCUT2D eigenvalue weighted by Crippen LogP contribution is -2.38. The van der Waals surface area contributed by atoms with E-state index in [1.54, 1.807) is 20.8 Å². The minimum Gasteiger partial charge on any atom is -0.393 e. The van der Waals surface area contributed by atoms with Crippen molar-refractivity contribution in [2.45, 2.75) is 72.0 Å². The molecule has 2 atom stereocenters. The Labute approximate surface area is 141 Å². The molecule has 0 aliphatic rings. The average Bonchev–Trinajstić information content (AvgIpc) is 2.45. The van der Waals surface area contributed by atoms with Crippen molar-refractivity contribution in [3.8, 4) is 0 Å². The van der Waals surface area contributed by atoms with Gasteiger partial charge in [0.1, 0.15) is 5.60 Å². The Balaban J connectivity index is 2.70. The Kier molecular flexibility index (Phi) is 7.43. The first-order valence-electron chi connectivity index (χ1n) is 8.58. The van der Waals surface area contributed by atoms with Crippen molar-refractivity contribution in [2.75, 3.05) is 6.61 Å². The maximum atomic E-state index is 12.7. The van der Waals surface area contributed by atoms with Crippen LogP contribution >= 0.6 is 0 Å². The third-order valence-electron chi connectivity index (χ3n) is 4.11. The number of aliphatic hydroxyl groups is 1. The van der Waals surface area contributed by atoms with Gasteiger partial charge >= 0.3 is 0 Å². The van der Waals surface area contributed by atoms with E-state index in [9.17, 15) is 9.90 Å². The molecule has 0 spiro atoms. The monoisotopic (exact) mass is 320 g/mol. The van der Waals surface area contributed by atoms with Crippen LogP contribution in [0, 0.1) is 5.92 Å². The topological polar surface area (TPSA) is 46.5 Å². The molecule has 0 heterocycles. The fraction of sp³-hybridized carbons (Fsp3) is 0.650. The van der Waals surface area contributed by atoms with Crippen LogP contribution in [0.5, 0.6) is 0 Å². The summed E-state index contributed by atoms with van der Waals surface area (Å²) in [6.07, 6.45) is 1.18. The smallest absolute Gasteiger partial charge is 0.171 e. The molecule has 2 unspecified atom stereocenters. The van der Waals surface area contributed by atoms with Crippen molar-refractivity contribution < 1.29 is 14.6 Å². The van der Waals surface area contributed by atoms with Gasteiger partial charge in [-0.2, -0.15) is 0 Å². The highest BCUT2D eigenvalue weighted by Gasteiger charge is 2.33. The maximum Gasteiger partial charge on any atom is 0.171 e. The summed E-state index contributed by atoms with van der Waals surface area (Å²) in [4.78, 5) is 12.7. The van der Waals surface area contributed by atoms with E-state index in [4.69, 9.17) is 4.74 Å². The predicted molar refractivity (Wildman–Crippen MR) is 94.7 cm³/mol. The lowest BCUT2D eigenvalue weighted by Gasteiger charge is -2.27. The molecule has 0 saturated carbocycles. The first-order valence-corrected chi connectivity index (χ1v) is 8.58. The van der Waals surface area contributed by atoms with Crippen molar-refractivity contribution in [3.63, 3.8) is 0 Å². The first-order chi connectivity index (χ1) is 10.6. The Morgan fingerprint density at radius 1 is 1.13 bits per heavy atom. The Morgan fingerprint density at radius 3 is 2.17 bits per heavy atom. The van der Waals surface area contributed by atoms with E-state index < -0.39 is 11.7 Å². The van der Waals surface area contributed by atoms with E-state index in [1.165, 1.54) is 5.56 Å². The van der Waals surface area contributed by atoms with E-state index in [0.717, 1.165) is 12.0 Å². The highest BCUT2D eigenvalue weighted by Crippen LogP contribution is 2.25. The molecule has 0 radical (unpaired) electrons. The minimum absolute atomic E-state index is 0.0692. The van der Waals surface area contributed by atoms with E-state index in [2.05, 4.69) is 26.0 Å². The van der Waals surface area contributed by atoms with Gasteiger partial charge in [-0.3, -0.25) is 4.79 Å². The molecule has 0 saturated heterocycles. The van der Waals surface area contributed by atoms with Crippen LogP contribution in [0.15, 0.2) is 24.3 Å². The van der Waals surface area contributed by atoms with Crippen LogP contribution in [-0.4, -0.2) is 29.2 Å². The number of hydrogen-bond acceptors (Lipinski definition) is 3. The molecule has 0 aliphatic heterocycles. The van der Waals surface area contributed by atoms with Gasteiger partial charge in [0.25, 0.3) is 0 Å². The minimum atomic E-state index is -0.842. The molecule has 130 valence electrons. The second-order valence-electron chi connectivity index (χ2n) is 7.42. The predicted octanol–water partition coefficient (Wildman–Crippen LogP) is 4.12. The molecular weight excluding hydrogens is 288 g/mol. The first kappa shape index (κ1) is 19.9. The summed E-state index contributed by atoms with van der Waals surface area (Å²) in [5, 5.41) is 9.30. The normalized spacial score (nSPS) is 14.8. The Bertz CT molecular complexity index is 486. The van der Waals surface area contributed by atoms with Gasteiger partial charge in [-0.05, 0) is 50.7 Å². The number of carbonyl (C=O) groups excluding carboxylic acids is 1. The quantitative estimate of drug-likeness (QED) is 0.744. The third kappa shape index (κ3) is 6.44. The van der Waals surface area contributed by atoms with Crippen LogP contribution in [0.3, 0.4) is 0 Å². The van der Waals surface area contributed by atoms with Crippen LogP contribution in [0.25, 0.3) is 0 Å². The summed E-state index contributed by atoms with van der Waals surface area (Å²) >= 11 is 0. The summed E-state index contributed by atoms with van der Waals surface area (Å²) < 4.78 is 5.71. The molecule has 0 amide bonds. The second-order valence-corrected chi connectivity index (χ2v) is 7.42. The van der Waals surface area contributed by atoms with Crippen molar-refractivity contribution in [3.05, 3.63) is 35.4 Å². The highest BCUT2D eigenvalue weighted by molar-refractivity contribution is 5.92. The van der Waals surface area contributed by atoms with E-state index in [1.807, 2.05) is 19.1 Å². The number of hydrogen-bond donors (Lipinski definition) is 1. The van der Waals surface area contributed by atoms with Crippen molar-refractivity contribution in [2.24, 2.45) is 5.92 Å². The molecule has 1 N–H and O–H groups in total. The zero-order valence-corrected chi connectivity index (χ0v) is 15.4. The van der Waals surface area contributed by atoms with Crippen LogP contribution in [-0.2, 0) is 16.0 Å². The number of aliphatic hydroxyl groups excluding tert-OH is 1. The van der Waals surface area contributed by atoms with E-state index >= 15 is 0 Å². The maximum absolute atomic E-state index is 12.7. The van der Waals surface area contributed by atoms with Gasteiger partial charge in [0.05, 0.1) is 12.7 Å². The molecule has 1 aromatic rings. The third-order valence-corrected chi connectivity index (χ3v) is 4.11. The zero-order chi connectivity index (χ0) is 17.6. The number of ketones is 1. The number of carbonyl (C=O) groups is 1. The molecule has 1 aromatic carbocycles. The van der Waals surface area contributed by atoms with Crippen molar-refractivity contribution in [1.82, 2.24) is 0 Å². The summed E-state index contributed by atoms with van der Waals surface area (Å²) in [5.74, 6) is 0.491. The molecule has 1 rings (SSSR count). The van der Waals surface area contributed by atoms with Gasteiger partial charge in [0.2, 0.25) is 0 Å². The number of ether oxygens (including phenoxy) is 1. The molecule has 23 heavy (non-hydrogen) atoms. The van der Waals surface area contributed by atoms with Crippen molar-refractivity contribution >= 4 is 5.78 Å². The Morgan fingerprint density at radius 2 is 1.70 bits per heavy atom. The molecule has 0 aromatic heterocycles. The van der Waals surface area contributed by atoms with Crippen molar-refractivity contribution in [1.29, 1.82) is 0 Å². The summed E-state index contributed by atoms with van der Waals surface area (Å²) in [5.41, 5.74) is 1.48. The van der Waals surface area contributed by atoms with Gasteiger partial charge in [0.15, 0.2) is 5.78 Å². The molecule has 3 nitrogen and oxygen atoms in total. The number of rotatable bonds is 9. The van der Waals surface area contributed by atoms with E-state index in [-0.39, 0.29) is 11.7 Å². The fourth-order valence-electron chi connectivity index (χ4n) is 2.64. The lowest BCUT2D eigenvalue weighted by molar-refractivity contribution is -0.142. The van der Waals surface area contributed by atoms with Gasteiger partial charge < -0.3 is 9.84 Å². The van der Waals surface area contributed by atoms with Gasteiger partial charge in [-0.25, -0.2) is 0 Å². The largest absolute Gasteiger partial charge is 0.393 e. The highest BCUT2D eigenvalue weighted by atomic mass is 16.5. The number of Topliss-reactive ketones (excluding diaryl/α,β-unsaturated/α-hetero) is 1. The number of benzene rings is 1. The standard InChI is InChI=1S/C20H32O3/c1-14(2)13-17-7-9-18(10-8-17)16(4)19(22)20(5,6)23-12-11-15(3)21/h7-10,14-16,21H,11-13H2,1-6H3. The van der Waals surface area contributed by atoms with E-state index in [0.29, 0.717) is 18.9 Å². The average molecular weight is 320 g/mol. The lowest BCUT2D eigenvalue weighted by atomic mass is 9.87.